The van der Waals surface area contributed by atoms with Crippen LogP contribution in [0.1, 0.15) is 26.8 Å². The Labute approximate surface area is 154 Å². The van der Waals surface area contributed by atoms with Gasteiger partial charge < -0.3 is 5.32 Å². The summed E-state index contributed by atoms with van der Waals surface area (Å²) >= 11 is 1.67. The van der Waals surface area contributed by atoms with E-state index in [4.69, 9.17) is 0 Å². The predicted octanol–water partition coefficient (Wildman–Crippen LogP) is 3.17. The van der Waals surface area contributed by atoms with Crippen LogP contribution >= 0.6 is 11.3 Å². The van der Waals surface area contributed by atoms with Crippen molar-refractivity contribution in [2.24, 2.45) is 7.05 Å². The van der Waals surface area contributed by atoms with E-state index in [1.54, 1.807) is 16.0 Å². The summed E-state index contributed by atoms with van der Waals surface area (Å²) in [5.74, 6) is -0.0993. The molecule has 1 N–H and O–H groups in total. The highest BCUT2D eigenvalue weighted by Crippen LogP contribution is 2.23. The SMILES string of the molecule is Cc1cc(C(=O)NCCc2nc3ccccc3s2)c2c(C)nn(C)c2n1. The zero-order valence-electron chi connectivity index (χ0n) is 14.9. The molecule has 1 aromatic carbocycles. The minimum Gasteiger partial charge on any atom is -0.352 e. The predicted molar refractivity (Wildman–Crippen MR) is 104 cm³/mol. The topological polar surface area (TPSA) is 72.7 Å². The first-order valence-corrected chi connectivity index (χ1v) is 9.28. The number of rotatable bonds is 4. The van der Waals surface area contributed by atoms with Gasteiger partial charge in [-0.2, -0.15) is 5.10 Å². The molecular weight excluding hydrogens is 346 g/mol. The number of thiazole rings is 1. The Hall–Kier alpha value is -2.80. The Morgan fingerprint density at radius 1 is 1.23 bits per heavy atom. The van der Waals surface area contributed by atoms with Crippen molar-refractivity contribution in [1.29, 1.82) is 0 Å². The second kappa shape index (κ2) is 6.49. The lowest BCUT2D eigenvalue weighted by Crippen LogP contribution is -2.26. The number of para-hydroxylation sites is 1. The van der Waals surface area contributed by atoms with Crippen LogP contribution in [0.2, 0.25) is 0 Å². The van der Waals surface area contributed by atoms with Crippen LogP contribution in [0.15, 0.2) is 30.3 Å². The number of nitrogens with one attached hydrogen (secondary N) is 1. The van der Waals surface area contributed by atoms with Gasteiger partial charge in [0.25, 0.3) is 5.91 Å². The summed E-state index contributed by atoms with van der Waals surface area (Å²) in [5, 5.41) is 9.25. The van der Waals surface area contributed by atoms with Gasteiger partial charge in [-0.05, 0) is 32.0 Å². The molecule has 132 valence electrons. The van der Waals surface area contributed by atoms with E-state index in [-0.39, 0.29) is 5.91 Å². The van der Waals surface area contributed by atoms with Crippen LogP contribution in [0.3, 0.4) is 0 Å². The quantitative estimate of drug-likeness (QED) is 0.603. The Bertz CT molecular complexity index is 1090. The number of nitrogens with zero attached hydrogens (tertiary/aromatic N) is 4. The van der Waals surface area contributed by atoms with Crippen molar-refractivity contribution < 1.29 is 4.79 Å². The second-order valence-electron chi connectivity index (χ2n) is 6.30. The molecule has 4 rings (SSSR count). The molecule has 0 saturated carbocycles. The largest absolute Gasteiger partial charge is 0.352 e. The molecule has 0 saturated heterocycles. The monoisotopic (exact) mass is 365 g/mol. The molecular formula is C19H19N5OS. The Morgan fingerprint density at radius 3 is 2.85 bits per heavy atom. The summed E-state index contributed by atoms with van der Waals surface area (Å²) in [6, 6.07) is 9.90. The molecule has 0 atom stereocenters. The smallest absolute Gasteiger partial charge is 0.252 e. The standard InChI is InChI=1S/C19H19N5OS/c1-11-10-13(17-12(2)23-24(3)18(17)21-11)19(25)20-9-8-16-22-14-6-4-5-7-15(14)26-16/h4-7,10H,8-9H2,1-3H3,(H,20,25). The van der Waals surface area contributed by atoms with Crippen molar-refractivity contribution in [1.82, 2.24) is 25.1 Å². The first kappa shape index (κ1) is 16.7. The molecule has 0 bridgehead atoms. The van der Waals surface area contributed by atoms with Crippen molar-refractivity contribution in [2.75, 3.05) is 6.54 Å². The van der Waals surface area contributed by atoms with Gasteiger partial charge in [-0.15, -0.1) is 11.3 Å². The minimum absolute atomic E-state index is 0.0993. The fourth-order valence-electron chi connectivity index (χ4n) is 3.15. The molecule has 6 nitrogen and oxygen atoms in total. The van der Waals surface area contributed by atoms with Gasteiger partial charge in [-0.25, -0.2) is 9.97 Å². The van der Waals surface area contributed by atoms with Crippen LogP contribution in [0.5, 0.6) is 0 Å². The molecule has 0 aliphatic heterocycles. The zero-order chi connectivity index (χ0) is 18.3. The third-order valence-electron chi connectivity index (χ3n) is 4.30. The van der Waals surface area contributed by atoms with Crippen LogP contribution < -0.4 is 5.32 Å². The average Bonchev–Trinajstić information content (AvgIpc) is 3.14. The van der Waals surface area contributed by atoms with E-state index in [0.29, 0.717) is 18.5 Å². The molecule has 1 amide bonds. The highest BCUT2D eigenvalue weighted by molar-refractivity contribution is 7.18. The maximum Gasteiger partial charge on any atom is 0.252 e. The van der Waals surface area contributed by atoms with Crippen LogP contribution in [-0.4, -0.2) is 32.2 Å². The van der Waals surface area contributed by atoms with Gasteiger partial charge in [-0.3, -0.25) is 9.48 Å². The van der Waals surface area contributed by atoms with Crippen molar-refractivity contribution in [3.63, 3.8) is 0 Å². The summed E-state index contributed by atoms with van der Waals surface area (Å²) in [6.45, 7) is 4.33. The highest BCUT2D eigenvalue weighted by atomic mass is 32.1. The molecule has 0 radical (unpaired) electrons. The molecule has 0 spiro atoms. The van der Waals surface area contributed by atoms with E-state index in [1.165, 1.54) is 4.70 Å². The Morgan fingerprint density at radius 2 is 2.04 bits per heavy atom. The van der Waals surface area contributed by atoms with E-state index in [0.717, 1.165) is 32.9 Å². The van der Waals surface area contributed by atoms with Gasteiger partial charge in [0, 0.05) is 25.7 Å². The van der Waals surface area contributed by atoms with Gasteiger partial charge >= 0.3 is 0 Å². The number of carbonyl (C=O) groups is 1. The van der Waals surface area contributed by atoms with E-state index < -0.39 is 0 Å². The molecule has 0 aliphatic rings. The summed E-state index contributed by atoms with van der Waals surface area (Å²) < 4.78 is 2.89. The summed E-state index contributed by atoms with van der Waals surface area (Å²) in [7, 11) is 1.84. The van der Waals surface area contributed by atoms with Crippen LogP contribution in [0.25, 0.3) is 21.3 Å². The molecule has 0 fully saturated rings. The Kier molecular flexibility index (Phi) is 4.16. The number of hydrogen-bond donors (Lipinski definition) is 1. The fourth-order valence-corrected chi connectivity index (χ4v) is 4.12. The first-order valence-electron chi connectivity index (χ1n) is 8.46. The van der Waals surface area contributed by atoms with E-state index in [1.807, 2.05) is 45.2 Å². The molecule has 0 unspecified atom stereocenters. The third kappa shape index (κ3) is 2.94. The number of benzene rings is 1. The molecule has 4 aromatic rings. The van der Waals surface area contributed by atoms with Crippen molar-refractivity contribution in [2.45, 2.75) is 20.3 Å². The second-order valence-corrected chi connectivity index (χ2v) is 7.42. The van der Waals surface area contributed by atoms with Crippen molar-refractivity contribution >= 4 is 38.5 Å². The molecule has 0 aliphatic carbocycles. The minimum atomic E-state index is -0.0993. The van der Waals surface area contributed by atoms with Crippen molar-refractivity contribution in [3.05, 3.63) is 52.3 Å². The number of fused-ring (bicyclic) bond motifs is 2. The van der Waals surface area contributed by atoms with E-state index in [9.17, 15) is 4.79 Å². The lowest BCUT2D eigenvalue weighted by molar-refractivity contribution is 0.0955. The van der Waals surface area contributed by atoms with Gasteiger partial charge in [0.2, 0.25) is 0 Å². The number of carbonyl (C=O) groups excluding carboxylic acids is 1. The number of aromatic nitrogens is 4. The number of pyridine rings is 1. The maximum atomic E-state index is 12.7. The number of amides is 1. The molecule has 7 heteroatoms. The summed E-state index contributed by atoms with van der Waals surface area (Å²) in [6.07, 6.45) is 0.713. The lowest BCUT2D eigenvalue weighted by Gasteiger charge is -2.07. The van der Waals surface area contributed by atoms with Crippen LogP contribution in [0.4, 0.5) is 0 Å². The molecule has 26 heavy (non-hydrogen) atoms. The number of aryl methyl sites for hydroxylation is 3. The highest BCUT2D eigenvalue weighted by Gasteiger charge is 2.17. The van der Waals surface area contributed by atoms with Crippen molar-refractivity contribution in [3.8, 4) is 0 Å². The fraction of sp³-hybridized carbons (Fsp3) is 0.263. The van der Waals surface area contributed by atoms with Gasteiger partial charge in [0.1, 0.15) is 0 Å². The Balaban J connectivity index is 1.52. The normalized spacial score (nSPS) is 11.3. The third-order valence-corrected chi connectivity index (χ3v) is 5.40. The zero-order valence-corrected chi connectivity index (χ0v) is 15.7. The average molecular weight is 365 g/mol. The van der Waals surface area contributed by atoms with E-state index >= 15 is 0 Å². The van der Waals surface area contributed by atoms with Gasteiger partial charge in [0.15, 0.2) is 5.65 Å². The van der Waals surface area contributed by atoms with Crippen LogP contribution in [-0.2, 0) is 13.5 Å². The summed E-state index contributed by atoms with van der Waals surface area (Å²) in [5.41, 5.74) is 3.99. The lowest BCUT2D eigenvalue weighted by atomic mass is 10.1. The molecule has 3 heterocycles. The van der Waals surface area contributed by atoms with Gasteiger partial charge in [-0.1, -0.05) is 12.1 Å². The maximum absolute atomic E-state index is 12.7. The van der Waals surface area contributed by atoms with E-state index in [2.05, 4.69) is 26.4 Å². The van der Waals surface area contributed by atoms with Crippen LogP contribution in [0, 0.1) is 13.8 Å². The summed E-state index contributed by atoms with van der Waals surface area (Å²) in [4.78, 5) is 21.9. The van der Waals surface area contributed by atoms with Gasteiger partial charge in [0.05, 0.1) is 31.9 Å². The molecule has 3 aromatic heterocycles. The number of hydrogen-bond acceptors (Lipinski definition) is 5. The first-order chi connectivity index (χ1) is 12.5.